The van der Waals surface area contributed by atoms with Crippen LogP contribution in [-0.2, 0) is 6.61 Å². The summed E-state index contributed by atoms with van der Waals surface area (Å²) in [5.41, 5.74) is 0. The molecule has 0 aliphatic carbocycles. The van der Waals surface area contributed by atoms with Gasteiger partial charge < -0.3 is 10.1 Å². The summed E-state index contributed by atoms with van der Waals surface area (Å²) in [7, 11) is 1.80. The fraction of sp³-hybridized carbons (Fsp3) is 0.200. The van der Waals surface area contributed by atoms with Crippen molar-refractivity contribution < 1.29 is 4.74 Å². The molecule has 4 nitrogen and oxygen atoms in total. The highest BCUT2D eigenvalue weighted by Gasteiger charge is 2.08. The normalized spacial score (nSPS) is 10.1. The maximum absolute atomic E-state index is 5.60. The van der Waals surface area contributed by atoms with Crippen LogP contribution >= 0.6 is 27.3 Å². The molecule has 84 valence electrons. The molecule has 0 aromatic carbocycles. The van der Waals surface area contributed by atoms with Gasteiger partial charge in [0.1, 0.15) is 23.2 Å². The van der Waals surface area contributed by atoms with Crippen molar-refractivity contribution in [2.24, 2.45) is 0 Å². The van der Waals surface area contributed by atoms with Gasteiger partial charge in [0.15, 0.2) is 0 Å². The molecule has 0 unspecified atom stereocenters. The average molecular weight is 300 g/mol. The predicted molar refractivity (Wildman–Crippen MR) is 67.9 cm³/mol. The van der Waals surface area contributed by atoms with Gasteiger partial charge in [-0.2, -0.15) is 0 Å². The SMILES string of the molecule is CNc1ncnc(OCc2cccs2)c1Br. The highest BCUT2D eigenvalue weighted by Crippen LogP contribution is 2.28. The number of halogens is 1. The molecule has 0 spiro atoms. The first-order valence-electron chi connectivity index (χ1n) is 4.64. The van der Waals surface area contributed by atoms with E-state index in [1.165, 1.54) is 6.33 Å². The summed E-state index contributed by atoms with van der Waals surface area (Å²) in [5, 5.41) is 4.97. The van der Waals surface area contributed by atoms with Crippen molar-refractivity contribution in [1.29, 1.82) is 0 Å². The fourth-order valence-corrected chi connectivity index (χ4v) is 2.30. The van der Waals surface area contributed by atoms with E-state index in [-0.39, 0.29) is 0 Å². The van der Waals surface area contributed by atoms with Crippen LogP contribution in [0.25, 0.3) is 0 Å². The molecule has 2 heterocycles. The van der Waals surface area contributed by atoms with Crippen molar-refractivity contribution >= 4 is 33.1 Å². The van der Waals surface area contributed by atoms with E-state index in [4.69, 9.17) is 4.74 Å². The third-order valence-electron chi connectivity index (χ3n) is 1.93. The van der Waals surface area contributed by atoms with Crippen LogP contribution in [0.1, 0.15) is 4.88 Å². The second-order valence-corrected chi connectivity index (χ2v) is 4.78. The van der Waals surface area contributed by atoms with Crippen molar-refractivity contribution in [3.05, 3.63) is 33.2 Å². The van der Waals surface area contributed by atoms with Crippen LogP contribution in [0.3, 0.4) is 0 Å². The van der Waals surface area contributed by atoms with E-state index in [9.17, 15) is 0 Å². The predicted octanol–water partition coefficient (Wildman–Crippen LogP) is 2.92. The number of nitrogens with zero attached hydrogens (tertiary/aromatic N) is 2. The van der Waals surface area contributed by atoms with Gasteiger partial charge in [-0.05, 0) is 27.4 Å². The molecule has 0 saturated heterocycles. The van der Waals surface area contributed by atoms with Crippen LogP contribution in [0, 0.1) is 0 Å². The molecule has 0 bridgehead atoms. The molecule has 2 rings (SSSR count). The lowest BCUT2D eigenvalue weighted by molar-refractivity contribution is 0.294. The van der Waals surface area contributed by atoms with E-state index >= 15 is 0 Å². The van der Waals surface area contributed by atoms with E-state index in [0.717, 1.165) is 15.2 Å². The Bertz CT molecular complexity index is 461. The first kappa shape index (κ1) is 11.3. The van der Waals surface area contributed by atoms with Crippen molar-refractivity contribution in [3.8, 4) is 5.88 Å². The van der Waals surface area contributed by atoms with Gasteiger partial charge in [-0.25, -0.2) is 9.97 Å². The van der Waals surface area contributed by atoms with Gasteiger partial charge in [0.05, 0.1) is 0 Å². The summed E-state index contributed by atoms with van der Waals surface area (Å²) in [6.07, 6.45) is 1.47. The lowest BCUT2D eigenvalue weighted by Gasteiger charge is -2.08. The summed E-state index contributed by atoms with van der Waals surface area (Å²) < 4.78 is 6.34. The van der Waals surface area contributed by atoms with Gasteiger partial charge in [-0.3, -0.25) is 0 Å². The maximum atomic E-state index is 5.60. The van der Waals surface area contributed by atoms with Gasteiger partial charge in [0.25, 0.3) is 0 Å². The highest BCUT2D eigenvalue weighted by atomic mass is 79.9. The zero-order chi connectivity index (χ0) is 11.4. The topological polar surface area (TPSA) is 47.0 Å². The minimum Gasteiger partial charge on any atom is -0.471 e. The summed E-state index contributed by atoms with van der Waals surface area (Å²) in [4.78, 5) is 9.29. The number of aromatic nitrogens is 2. The third kappa shape index (κ3) is 2.51. The van der Waals surface area contributed by atoms with Crippen LogP contribution in [0.5, 0.6) is 5.88 Å². The maximum Gasteiger partial charge on any atom is 0.233 e. The molecular weight excluding hydrogens is 290 g/mol. The minimum atomic E-state index is 0.524. The summed E-state index contributed by atoms with van der Waals surface area (Å²) in [6.45, 7) is 0.524. The smallest absolute Gasteiger partial charge is 0.233 e. The Morgan fingerprint density at radius 2 is 2.38 bits per heavy atom. The molecule has 0 aliphatic rings. The zero-order valence-electron chi connectivity index (χ0n) is 8.61. The zero-order valence-corrected chi connectivity index (χ0v) is 11.0. The Balaban J connectivity index is 2.09. The van der Waals surface area contributed by atoms with E-state index in [2.05, 4.69) is 31.2 Å². The summed E-state index contributed by atoms with van der Waals surface area (Å²) in [6, 6.07) is 4.02. The Morgan fingerprint density at radius 1 is 1.50 bits per heavy atom. The Labute approximate surface area is 106 Å². The molecule has 16 heavy (non-hydrogen) atoms. The monoisotopic (exact) mass is 299 g/mol. The largest absolute Gasteiger partial charge is 0.471 e. The van der Waals surface area contributed by atoms with Gasteiger partial charge >= 0.3 is 0 Å². The second kappa shape index (κ2) is 5.27. The van der Waals surface area contributed by atoms with Gasteiger partial charge in [-0.15, -0.1) is 11.3 Å². The minimum absolute atomic E-state index is 0.524. The van der Waals surface area contributed by atoms with Crippen molar-refractivity contribution in [3.63, 3.8) is 0 Å². The average Bonchev–Trinajstić information content (AvgIpc) is 2.81. The summed E-state index contributed by atoms with van der Waals surface area (Å²) in [5.74, 6) is 1.27. The number of anilines is 1. The van der Waals surface area contributed by atoms with E-state index in [0.29, 0.717) is 12.5 Å². The molecule has 0 atom stereocenters. The molecule has 0 saturated carbocycles. The van der Waals surface area contributed by atoms with Crippen LogP contribution in [0.15, 0.2) is 28.3 Å². The van der Waals surface area contributed by atoms with Gasteiger partial charge in [0.2, 0.25) is 5.88 Å². The second-order valence-electron chi connectivity index (χ2n) is 2.96. The number of hydrogen-bond donors (Lipinski definition) is 1. The van der Waals surface area contributed by atoms with Crippen molar-refractivity contribution in [1.82, 2.24) is 9.97 Å². The van der Waals surface area contributed by atoms with Crippen LogP contribution in [0.4, 0.5) is 5.82 Å². The van der Waals surface area contributed by atoms with Gasteiger partial charge in [-0.1, -0.05) is 6.07 Å². The fourth-order valence-electron chi connectivity index (χ4n) is 1.16. The lowest BCUT2D eigenvalue weighted by Crippen LogP contribution is -2.00. The van der Waals surface area contributed by atoms with Crippen LogP contribution in [-0.4, -0.2) is 17.0 Å². The number of ether oxygens (including phenoxy) is 1. The molecule has 0 aliphatic heterocycles. The number of nitrogens with one attached hydrogen (secondary N) is 1. The van der Waals surface area contributed by atoms with E-state index in [1.807, 2.05) is 17.5 Å². The standard InChI is InChI=1S/C10H10BrN3OS/c1-12-9-8(11)10(14-6-13-9)15-5-7-3-2-4-16-7/h2-4,6H,5H2,1H3,(H,12,13,14). The molecule has 1 N–H and O–H groups in total. The molecule has 0 radical (unpaired) electrons. The number of thiophene rings is 1. The first-order chi connectivity index (χ1) is 7.81. The van der Waals surface area contributed by atoms with E-state index in [1.54, 1.807) is 18.4 Å². The van der Waals surface area contributed by atoms with Crippen molar-refractivity contribution in [2.75, 3.05) is 12.4 Å². The third-order valence-corrected chi connectivity index (χ3v) is 3.49. The quantitative estimate of drug-likeness (QED) is 0.943. The Hall–Kier alpha value is -1.14. The molecule has 0 amide bonds. The molecule has 6 heteroatoms. The molecule has 2 aromatic rings. The number of hydrogen-bond acceptors (Lipinski definition) is 5. The highest BCUT2D eigenvalue weighted by molar-refractivity contribution is 9.10. The summed E-state index contributed by atoms with van der Waals surface area (Å²) >= 11 is 5.06. The van der Waals surface area contributed by atoms with Gasteiger partial charge in [0, 0.05) is 11.9 Å². The first-order valence-corrected chi connectivity index (χ1v) is 6.32. The molecular formula is C10H10BrN3OS. The lowest BCUT2D eigenvalue weighted by atomic mass is 10.5. The van der Waals surface area contributed by atoms with Crippen molar-refractivity contribution in [2.45, 2.75) is 6.61 Å². The van der Waals surface area contributed by atoms with E-state index < -0.39 is 0 Å². The Morgan fingerprint density at radius 3 is 3.06 bits per heavy atom. The van der Waals surface area contributed by atoms with Crippen LogP contribution in [0.2, 0.25) is 0 Å². The molecule has 0 fully saturated rings. The molecule has 2 aromatic heterocycles. The number of rotatable bonds is 4. The Kier molecular flexibility index (Phi) is 3.74. The van der Waals surface area contributed by atoms with Crippen LogP contribution < -0.4 is 10.1 Å².